The third kappa shape index (κ3) is 2.41. The van der Waals surface area contributed by atoms with E-state index in [0.29, 0.717) is 28.3 Å². The third-order valence-corrected chi connectivity index (χ3v) is 3.56. The third-order valence-electron chi connectivity index (χ3n) is 3.56. The molecule has 0 radical (unpaired) electrons. The van der Waals surface area contributed by atoms with Crippen LogP contribution < -0.4 is 14.4 Å². The molecule has 2 aromatic carbocycles. The molecular weight excluding hydrogens is 282 g/mol. The van der Waals surface area contributed by atoms with Crippen LogP contribution in [0.2, 0.25) is 0 Å². The number of carbonyl (C=O) groups is 2. The number of hydrogen-bond acceptors (Lipinski definition) is 4. The average molecular weight is 297 g/mol. The van der Waals surface area contributed by atoms with Crippen molar-refractivity contribution in [2.24, 2.45) is 0 Å². The van der Waals surface area contributed by atoms with E-state index in [4.69, 9.17) is 9.47 Å². The molecule has 3 rings (SSSR count). The minimum absolute atomic E-state index is 0.118. The number of benzene rings is 2. The molecule has 0 bridgehead atoms. The first-order valence-corrected chi connectivity index (χ1v) is 6.85. The summed E-state index contributed by atoms with van der Waals surface area (Å²) in [6, 6.07) is 12.2. The first kappa shape index (κ1) is 14.1. The van der Waals surface area contributed by atoms with Gasteiger partial charge in [0.1, 0.15) is 0 Å². The number of ketones is 1. The van der Waals surface area contributed by atoms with Gasteiger partial charge in [-0.25, -0.2) is 0 Å². The van der Waals surface area contributed by atoms with E-state index >= 15 is 0 Å². The Morgan fingerprint density at radius 2 is 1.68 bits per heavy atom. The maximum Gasteiger partial charge on any atom is 0.258 e. The molecular formula is C17H15NO4. The molecule has 0 unspecified atom stereocenters. The lowest BCUT2D eigenvalue weighted by molar-refractivity contribution is 0.0993. The molecule has 5 nitrogen and oxygen atoms in total. The molecule has 0 saturated heterocycles. The van der Waals surface area contributed by atoms with E-state index in [1.165, 1.54) is 11.8 Å². The Morgan fingerprint density at radius 1 is 1.05 bits per heavy atom. The molecule has 0 N–H and O–H groups in total. The lowest BCUT2D eigenvalue weighted by Gasteiger charge is -2.20. The van der Waals surface area contributed by atoms with E-state index in [2.05, 4.69) is 0 Å². The van der Waals surface area contributed by atoms with Crippen molar-refractivity contribution in [3.63, 3.8) is 0 Å². The van der Waals surface area contributed by atoms with Crippen molar-refractivity contribution >= 4 is 17.4 Å². The lowest BCUT2D eigenvalue weighted by atomic mass is 10.1. The number of rotatable bonds is 3. The van der Waals surface area contributed by atoms with Crippen molar-refractivity contribution in [3.05, 3.63) is 53.6 Å². The van der Waals surface area contributed by atoms with E-state index in [0.717, 1.165) is 0 Å². The SMILES string of the molecule is CC(=O)c1cc2c(cc1N(C)C(=O)c1ccccc1)OCO2. The van der Waals surface area contributed by atoms with E-state index < -0.39 is 0 Å². The maximum absolute atomic E-state index is 12.6. The highest BCUT2D eigenvalue weighted by Crippen LogP contribution is 2.38. The fourth-order valence-corrected chi connectivity index (χ4v) is 2.37. The minimum Gasteiger partial charge on any atom is -0.454 e. The standard InChI is InChI=1S/C17H15NO4/c1-11(19)13-8-15-16(22-10-21-15)9-14(13)18(2)17(20)12-6-4-3-5-7-12/h3-9H,10H2,1-2H3. The van der Waals surface area contributed by atoms with Crippen LogP contribution in [0.25, 0.3) is 0 Å². The second-order valence-corrected chi connectivity index (χ2v) is 5.01. The Hall–Kier alpha value is -2.82. The van der Waals surface area contributed by atoms with Gasteiger partial charge < -0.3 is 14.4 Å². The smallest absolute Gasteiger partial charge is 0.258 e. The minimum atomic E-state index is -0.193. The molecule has 1 aliphatic heterocycles. The summed E-state index contributed by atoms with van der Waals surface area (Å²) in [7, 11) is 1.64. The van der Waals surface area contributed by atoms with Crippen molar-refractivity contribution in [1.82, 2.24) is 0 Å². The Labute approximate surface area is 128 Å². The molecule has 0 saturated carbocycles. The number of Topliss-reactive ketones (excluding diaryl/α,β-unsaturated/α-hetero) is 1. The Kier molecular flexibility index (Phi) is 3.55. The summed E-state index contributed by atoms with van der Waals surface area (Å²) in [5.41, 5.74) is 1.49. The van der Waals surface area contributed by atoms with Gasteiger partial charge in [-0.3, -0.25) is 9.59 Å². The summed E-state index contributed by atoms with van der Waals surface area (Å²) in [5, 5.41) is 0. The second-order valence-electron chi connectivity index (χ2n) is 5.01. The van der Waals surface area contributed by atoms with Gasteiger partial charge in [0.05, 0.1) is 5.69 Å². The van der Waals surface area contributed by atoms with Gasteiger partial charge in [0.15, 0.2) is 17.3 Å². The molecule has 1 aliphatic rings. The number of hydrogen-bond donors (Lipinski definition) is 0. The van der Waals surface area contributed by atoms with Gasteiger partial charge in [-0.2, -0.15) is 0 Å². The lowest BCUT2D eigenvalue weighted by Crippen LogP contribution is -2.27. The second kappa shape index (κ2) is 5.52. The van der Waals surface area contributed by atoms with Crippen LogP contribution in [0, 0.1) is 0 Å². The summed E-state index contributed by atoms with van der Waals surface area (Å²) in [5.74, 6) is 0.727. The van der Waals surface area contributed by atoms with Crippen LogP contribution in [0.1, 0.15) is 27.6 Å². The van der Waals surface area contributed by atoms with Crippen LogP contribution in [0.15, 0.2) is 42.5 Å². The quantitative estimate of drug-likeness (QED) is 0.817. The summed E-state index contributed by atoms with van der Waals surface area (Å²) >= 11 is 0. The van der Waals surface area contributed by atoms with Crippen LogP contribution in [0.5, 0.6) is 11.5 Å². The number of nitrogens with zero attached hydrogens (tertiary/aromatic N) is 1. The Bertz CT molecular complexity index is 740. The molecule has 2 aromatic rings. The molecule has 0 aromatic heterocycles. The molecule has 0 atom stereocenters. The van der Waals surface area contributed by atoms with E-state index in [1.54, 1.807) is 43.4 Å². The van der Waals surface area contributed by atoms with Crippen molar-refractivity contribution in [2.75, 3.05) is 18.7 Å². The zero-order chi connectivity index (χ0) is 15.7. The van der Waals surface area contributed by atoms with Gasteiger partial charge in [0, 0.05) is 24.2 Å². The molecule has 22 heavy (non-hydrogen) atoms. The van der Waals surface area contributed by atoms with Crippen molar-refractivity contribution in [3.8, 4) is 11.5 Å². The maximum atomic E-state index is 12.6. The summed E-state index contributed by atoms with van der Waals surface area (Å²) in [6.07, 6.45) is 0. The fourth-order valence-electron chi connectivity index (χ4n) is 2.37. The largest absolute Gasteiger partial charge is 0.454 e. The van der Waals surface area contributed by atoms with Crippen LogP contribution >= 0.6 is 0 Å². The van der Waals surface area contributed by atoms with Crippen molar-refractivity contribution in [2.45, 2.75) is 6.92 Å². The zero-order valence-electron chi connectivity index (χ0n) is 12.3. The van der Waals surface area contributed by atoms with Gasteiger partial charge >= 0.3 is 0 Å². The highest BCUT2D eigenvalue weighted by Gasteiger charge is 2.24. The van der Waals surface area contributed by atoms with Gasteiger partial charge in [-0.05, 0) is 25.1 Å². The summed E-state index contributed by atoms with van der Waals surface area (Å²) < 4.78 is 10.6. The number of ether oxygens (including phenoxy) is 2. The van der Waals surface area contributed by atoms with Gasteiger partial charge in [0.25, 0.3) is 5.91 Å². The van der Waals surface area contributed by atoms with Crippen molar-refractivity contribution < 1.29 is 19.1 Å². The molecule has 112 valence electrons. The number of fused-ring (bicyclic) bond motifs is 1. The molecule has 0 aliphatic carbocycles. The van der Waals surface area contributed by atoms with Gasteiger partial charge in [0.2, 0.25) is 6.79 Å². The molecule has 0 fully saturated rings. The summed E-state index contributed by atoms with van der Waals surface area (Å²) in [6.45, 7) is 1.58. The molecule has 0 spiro atoms. The fraction of sp³-hybridized carbons (Fsp3) is 0.176. The average Bonchev–Trinajstić information content (AvgIpc) is 3.00. The normalized spacial score (nSPS) is 12.1. The number of amides is 1. The predicted molar refractivity (Wildman–Crippen MR) is 81.7 cm³/mol. The number of carbonyl (C=O) groups excluding carboxylic acids is 2. The van der Waals surface area contributed by atoms with Gasteiger partial charge in [-0.15, -0.1) is 0 Å². The predicted octanol–water partition coefficient (Wildman–Crippen LogP) is 2.89. The van der Waals surface area contributed by atoms with Crippen molar-refractivity contribution in [1.29, 1.82) is 0 Å². The molecule has 5 heteroatoms. The highest BCUT2D eigenvalue weighted by atomic mass is 16.7. The molecule has 1 amide bonds. The molecule has 1 heterocycles. The Balaban J connectivity index is 2.03. The monoisotopic (exact) mass is 297 g/mol. The topological polar surface area (TPSA) is 55.8 Å². The first-order valence-electron chi connectivity index (χ1n) is 6.85. The van der Waals surface area contributed by atoms with E-state index in [1.807, 2.05) is 6.07 Å². The van der Waals surface area contributed by atoms with Crippen LogP contribution in [0.3, 0.4) is 0 Å². The first-order chi connectivity index (χ1) is 10.6. The van der Waals surface area contributed by atoms with E-state index in [9.17, 15) is 9.59 Å². The Morgan fingerprint density at radius 3 is 2.32 bits per heavy atom. The number of anilines is 1. The van der Waals surface area contributed by atoms with E-state index in [-0.39, 0.29) is 18.5 Å². The highest BCUT2D eigenvalue weighted by molar-refractivity contribution is 6.10. The van der Waals surface area contributed by atoms with Gasteiger partial charge in [-0.1, -0.05) is 18.2 Å². The van der Waals surface area contributed by atoms with Crippen LogP contribution in [0.4, 0.5) is 5.69 Å². The zero-order valence-corrected chi connectivity index (χ0v) is 12.3. The van der Waals surface area contributed by atoms with Crippen LogP contribution in [-0.4, -0.2) is 25.5 Å². The summed E-state index contributed by atoms with van der Waals surface area (Å²) in [4.78, 5) is 25.9. The van der Waals surface area contributed by atoms with Crippen LogP contribution in [-0.2, 0) is 0 Å².